The van der Waals surface area contributed by atoms with Crippen LogP contribution in [0.15, 0.2) is 29.2 Å². The van der Waals surface area contributed by atoms with Gasteiger partial charge in [0, 0.05) is 0 Å². The molecule has 1 rings (SSSR count). The average molecular weight is 337 g/mol. The minimum atomic E-state index is -3.98. The summed E-state index contributed by atoms with van der Waals surface area (Å²) in [7, 11) is -3.98. The predicted molar refractivity (Wildman–Crippen MR) is 89.4 cm³/mol. The second-order valence-electron chi connectivity index (χ2n) is 5.64. The van der Waals surface area contributed by atoms with Gasteiger partial charge in [0.15, 0.2) is 5.60 Å². The smallest absolute Gasteiger partial charge is 0.422 e. The summed E-state index contributed by atoms with van der Waals surface area (Å²) < 4.78 is 31.3. The summed E-state index contributed by atoms with van der Waals surface area (Å²) in [5, 5.41) is 0. The van der Waals surface area contributed by atoms with Crippen LogP contribution in [-0.4, -0.2) is 20.1 Å². The molecule has 0 bridgehead atoms. The van der Waals surface area contributed by atoms with Crippen molar-refractivity contribution in [1.29, 1.82) is 0 Å². The topological polar surface area (TPSA) is 72.5 Å². The van der Waals surface area contributed by atoms with E-state index in [0.717, 1.165) is 24.8 Å². The van der Waals surface area contributed by atoms with E-state index in [2.05, 4.69) is 12.8 Å². The van der Waals surface area contributed by atoms with Crippen molar-refractivity contribution in [3.63, 3.8) is 0 Å². The Bertz CT molecular complexity index is 674. The molecule has 126 valence electrons. The van der Waals surface area contributed by atoms with Crippen molar-refractivity contribution in [2.45, 2.75) is 57.0 Å². The quantitative estimate of drug-likeness (QED) is 0.611. The Morgan fingerprint density at radius 1 is 1.30 bits per heavy atom. The van der Waals surface area contributed by atoms with Crippen molar-refractivity contribution in [2.24, 2.45) is 0 Å². The first-order chi connectivity index (χ1) is 10.7. The van der Waals surface area contributed by atoms with Gasteiger partial charge in [-0.25, -0.2) is 17.9 Å². The van der Waals surface area contributed by atoms with Gasteiger partial charge in [0.2, 0.25) is 0 Å². The molecule has 1 aromatic rings. The highest BCUT2D eigenvalue weighted by atomic mass is 32.2. The maximum absolute atomic E-state index is 12.1. The van der Waals surface area contributed by atoms with Crippen LogP contribution >= 0.6 is 0 Å². The van der Waals surface area contributed by atoms with Gasteiger partial charge in [-0.3, -0.25) is 0 Å². The Hall–Kier alpha value is -2.00. The van der Waals surface area contributed by atoms with Crippen LogP contribution in [0.25, 0.3) is 0 Å². The van der Waals surface area contributed by atoms with E-state index in [1.54, 1.807) is 19.1 Å². The number of hydrogen-bond acceptors (Lipinski definition) is 4. The molecule has 23 heavy (non-hydrogen) atoms. The van der Waals surface area contributed by atoms with E-state index in [9.17, 15) is 13.2 Å². The third-order valence-electron chi connectivity index (χ3n) is 3.43. The maximum Gasteiger partial charge on any atom is 0.422 e. The van der Waals surface area contributed by atoms with Crippen molar-refractivity contribution >= 4 is 16.1 Å². The van der Waals surface area contributed by atoms with Gasteiger partial charge >= 0.3 is 6.09 Å². The fraction of sp³-hybridized carbons (Fsp3) is 0.471. The van der Waals surface area contributed by atoms with Gasteiger partial charge in [0.25, 0.3) is 10.0 Å². The third kappa shape index (κ3) is 5.95. The molecule has 0 saturated heterocycles. The summed E-state index contributed by atoms with van der Waals surface area (Å²) in [4.78, 5) is 11.9. The van der Waals surface area contributed by atoms with E-state index in [-0.39, 0.29) is 4.90 Å². The van der Waals surface area contributed by atoms with E-state index < -0.39 is 21.7 Å². The number of rotatable bonds is 7. The van der Waals surface area contributed by atoms with Gasteiger partial charge in [-0.2, -0.15) is 0 Å². The van der Waals surface area contributed by atoms with Gasteiger partial charge in [0.1, 0.15) is 0 Å². The lowest BCUT2D eigenvalue weighted by Crippen LogP contribution is -2.38. The maximum atomic E-state index is 12.1. The minimum Gasteiger partial charge on any atom is -0.429 e. The molecule has 1 N–H and O–H groups in total. The lowest BCUT2D eigenvalue weighted by molar-refractivity contribution is 0.0630. The summed E-state index contributed by atoms with van der Waals surface area (Å²) in [6.45, 7) is 5.49. The molecule has 1 unspecified atom stereocenters. The molecule has 5 nitrogen and oxygen atoms in total. The summed E-state index contributed by atoms with van der Waals surface area (Å²) in [6.07, 6.45) is 7.61. The number of ether oxygens (including phenoxy) is 1. The van der Waals surface area contributed by atoms with Crippen LogP contribution < -0.4 is 4.72 Å². The second-order valence-corrected chi connectivity index (χ2v) is 7.32. The normalized spacial score (nSPS) is 13.7. The van der Waals surface area contributed by atoms with E-state index in [1.165, 1.54) is 12.1 Å². The Labute approximate surface area is 138 Å². The summed E-state index contributed by atoms with van der Waals surface area (Å²) in [5.74, 6) is 2.42. The molecule has 0 aromatic heterocycles. The summed E-state index contributed by atoms with van der Waals surface area (Å²) >= 11 is 0. The van der Waals surface area contributed by atoms with Crippen LogP contribution in [0.3, 0.4) is 0 Å². The van der Waals surface area contributed by atoms with Gasteiger partial charge < -0.3 is 4.74 Å². The van der Waals surface area contributed by atoms with Crippen LogP contribution in [0.4, 0.5) is 4.79 Å². The number of terminal acetylenes is 1. The number of nitrogens with one attached hydrogen (secondary N) is 1. The Balaban J connectivity index is 2.74. The molecule has 0 saturated carbocycles. The van der Waals surface area contributed by atoms with Gasteiger partial charge in [-0.1, -0.05) is 43.4 Å². The molecule has 0 aliphatic heterocycles. The Morgan fingerprint density at radius 2 is 1.91 bits per heavy atom. The zero-order valence-electron chi connectivity index (χ0n) is 13.8. The van der Waals surface area contributed by atoms with Crippen LogP contribution in [0, 0.1) is 19.3 Å². The monoisotopic (exact) mass is 337 g/mol. The second kappa shape index (κ2) is 8.02. The third-order valence-corrected chi connectivity index (χ3v) is 4.76. The first kappa shape index (κ1) is 19.0. The molecule has 1 amide bonds. The van der Waals surface area contributed by atoms with E-state index in [1.807, 2.05) is 11.6 Å². The van der Waals surface area contributed by atoms with Crippen molar-refractivity contribution in [3.05, 3.63) is 29.8 Å². The number of sulfonamides is 1. The van der Waals surface area contributed by atoms with E-state index in [0.29, 0.717) is 6.42 Å². The number of amides is 1. The molecule has 1 aromatic carbocycles. The summed E-state index contributed by atoms with van der Waals surface area (Å²) in [6, 6.07) is 6.14. The molecule has 0 aliphatic rings. The predicted octanol–water partition coefficient (Wildman–Crippen LogP) is 3.38. The Kier molecular flexibility index (Phi) is 6.64. The van der Waals surface area contributed by atoms with E-state index in [4.69, 9.17) is 11.2 Å². The van der Waals surface area contributed by atoms with Crippen molar-refractivity contribution in [2.75, 3.05) is 0 Å². The van der Waals surface area contributed by atoms with Crippen LogP contribution in [-0.2, 0) is 14.8 Å². The molecular weight excluding hydrogens is 314 g/mol. The van der Waals surface area contributed by atoms with Crippen LogP contribution in [0.1, 0.15) is 45.1 Å². The van der Waals surface area contributed by atoms with Gasteiger partial charge in [-0.15, -0.1) is 6.42 Å². The number of hydrogen-bond donors (Lipinski definition) is 1. The number of unbranched alkanes of at least 4 members (excludes halogenated alkanes) is 2. The number of carbonyl (C=O) groups is 1. The number of aryl methyl sites for hydroxylation is 1. The molecule has 0 aliphatic carbocycles. The van der Waals surface area contributed by atoms with Gasteiger partial charge in [0.05, 0.1) is 4.90 Å². The molecule has 0 spiro atoms. The SMILES string of the molecule is C#CC(C)(CCCCC)OC(=O)NS(=O)(=O)c1ccc(C)cc1. The molecule has 6 heteroatoms. The number of carbonyl (C=O) groups excluding carboxylic acids is 1. The standard InChI is InChI=1S/C17H23NO4S/c1-5-7-8-13-17(4,6-2)22-16(19)18-23(20,21)15-11-9-14(3)10-12-15/h2,9-12H,5,7-8,13H2,1,3-4H3,(H,18,19). The largest absolute Gasteiger partial charge is 0.429 e. The molecule has 0 heterocycles. The number of benzene rings is 1. The lowest BCUT2D eigenvalue weighted by Gasteiger charge is -2.24. The highest BCUT2D eigenvalue weighted by Crippen LogP contribution is 2.19. The van der Waals surface area contributed by atoms with Gasteiger partial charge in [-0.05, 0) is 38.8 Å². The summed E-state index contributed by atoms with van der Waals surface area (Å²) in [5.41, 5.74) is -0.204. The van der Waals surface area contributed by atoms with Crippen molar-refractivity contribution in [1.82, 2.24) is 4.72 Å². The molecule has 1 atom stereocenters. The lowest BCUT2D eigenvalue weighted by atomic mass is 9.99. The average Bonchev–Trinajstić information content (AvgIpc) is 2.47. The first-order valence-corrected chi connectivity index (χ1v) is 9.01. The Morgan fingerprint density at radius 3 is 2.43 bits per heavy atom. The molecular formula is C17H23NO4S. The van der Waals surface area contributed by atoms with Crippen molar-refractivity contribution in [3.8, 4) is 12.3 Å². The zero-order valence-corrected chi connectivity index (χ0v) is 14.6. The van der Waals surface area contributed by atoms with Crippen LogP contribution in [0.5, 0.6) is 0 Å². The van der Waals surface area contributed by atoms with Crippen molar-refractivity contribution < 1.29 is 17.9 Å². The highest BCUT2D eigenvalue weighted by molar-refractivity contribution is 7.90. The fourth-order valence-electron chi connectivity index (χ4n) is 1.98. The first-order valence-electron chi connectivity index (χ1n) is 7.52. The van der Waals surface area contributed by atoms with E-state index >= 15 is 0 Å². The highest BCUT2D eigenvalue weighted by Gasteiger charge is 2.28. The minimum absolute atomic E-state index is 0.00607. The zero-order chi connectivity index (χ0) is 17.5. The fourth-order valence-corrected chi connectivity index (χ4v) is 2.85. The molecule has 0 fully saturated rings. The molecule has 0 radical (unpaired) electrons. The van der Waals surface area contributed by atoms with Crippen LogP contribution in [0.2, 0.25) is 0 Å².